The number of ether oxygens (including phenoxy) is 1. The summed E-state index contributed by atoms with van der Waals surface area (Å²) in [5.74, 6) is 0.859. The van der Waals surface area contributed by atoms with Crippen molar-refractivity contribution in [1.82, 2.24) is 0 Å². The number of hydrogen-bond donors (Lipinski definition) is 0. The second kappa shape index (κ2) is 7.84. The summed E-state index contributed by atoms with van der Waals surface area (Å²) < 4.78 is 5.23. The number of aliphatic imine (C=N–C) groups is 1. The van der Waals surface area contributed by atoms with Gasteiger partial charge in [-0.1, -0.05) is 41.9 Å². The minimum absolute atomic E-state index is 0.800. The van der Waals surface area contributed by atoms with Crippen LogP contribution >= 0.6 is 11.6 Å². The van der Waals surface area contributed by atoms with Crippen LogP contribution in [0.15, 0.2) is 53.5 Å². The van der Waals surface area contributed by atoms with Crippen molar-refractivity contribution < 1.29 is 4.74 Å². The predicted molar refractivity (Wildman–Crippen MR) is 89.8 cm³/mol. The van der Waals surface area contributed by atoms with E-state index in [9.17, 15) is 0 Å². The van der Waals surface area contributed by atoms with E-state index in [4.69, 9.17) is 16.3 Å². The van der Waals surface area contributed by atoms with Gasteiger partial charge in [0.25, 0.3) is 0 Å². The third-order valence-electron chi connectivity index (χ3n) is 3.40. The van der Waals surface area contributed by atoms with Crippen LogP contribution in [0.5, 0.6) is 5.75 Å². The highest BCUT2D eigenvalue weighted by Gasteiger charge is 2.00. The Morgan fingerprint density at radius 3 is 2.71 bits per heavy atom. The van der Waals surface area contributed by atoms with E-state index in [0.29, 0.717) is 0 Å². The van der Waals surface area contributed by atoms with Crippen LogP contribution in [0.2, 0.25) is 5.02 Å². The molecule has 0 fully saturated rings. The average Bonchev–Trinajstić information content (AvgIpc) is 2.53. The fraction of sp³-hybridized carbons (Fsp3) is 0.278. The number of nitrogens with zero attached hydrogens (tertiary/aromatic N) is 1. The SMILES string of the molecule is COc1cccc(C(C)=NCCCc2ccccc2Cl)c1. The summed E-state index contributed by atoms with van der Waals surface area (Å²) in [5.41, 5.74) is 3.33. The van der Waals surface area contributed by atoms with Crippen LogP contribution in [-0.4, -0.2) is 19.4 Å². The molecule has 2 aromatic rings. The lowest BCUT2D eigenvalue weighted by Gasteiger charge is -2.05. The summed E-state index contributed by atoms with van der Waals surface area (Å²) in [5, 5.41) is 0.839. The first-order chi connectivity index (χ1) is 10.2. The summed E-state index contributed by atoms with van der Waals surface area (Å²) in [6.07, 6.45) is 1.94. The Labute approximate surface area is 131 Å². The van der Waals surface area contributed by atoms with Crippen molar-refractivity contribution in [1.29, 1.82) is 0 Å². The summed E-state index contributed by atoms with van der Waals surface area (Å²) in [4.78, 5) is 4.63. The molecule has 0 spiro atoms. The van der Waals surface area contributed by atoms with Gasteiger partial charge in [0.1, 0.15) is 5.75 Å². The maximum atomic E-state index is 6.15. The Bertz CT molecular complexity index is 622. The van der Waals surface area contributed by atoms with Crippen LogP contribution in [-0.2, 0) is 6.42 Å². The number of hydrogen-bond acceptors (Lipinski definition) is 2. The lowest BCUT2D eigenvalue weighted by molar-refractivity contribution is 0.414. The van der Waals surface area contributed by atoms with Crippen molar-refractivity contribution in [3.05, 3.63) is 64.7 Å². The molecule has 0 N–H and O–H groups in total. The number of methoxy groups -OCH3 is 1. The monoisotopic (exact) mass is 301 g/mol. The summed E-state index contributed by atoms with van der Waals surface area (Å²) in [6.45, 7) is 2.83. The number of aryl methyl sites for hydroxylation is 1. The van der Waals surface area contributed by atoms with Gasteiger partial charge in [-0.05, 0) is 49.1 Å². The summed E-state index contributed by atoms with van der Waals surface area (Å²) in [7, 11) is 1.68. The zero-order valence-corrected chi connectivity index (χ0v) is 13.2. The van der Waals surface area contributed by atoms with Crippen LogP contribution in [0.4, 0.5) is 0 Å². The molecule has 0 aliphatic rings. The maximum absolute atomic E-state index is 6.15. The fourth-order valence-electron chi connectivity index (χ4n) is 2.16. The molecule has 2 aromatic carbocycles. The van der Waals surface area contributed by atoms with Crippen molar-refractivity contribution in [2.24, 2.45) is 4.99 Å². The first-order valence-corrected chi connectivity index (χ1v) is 7.47. The summed E-state index contributed by atoms with van der Waals surface area (Å²) >= 11 is 6.15. The number of rotatable bonds is 6. The second-order valence-corrected chi connectivity index (χ2v) is 5.30. The molecule has 0 unspecified atom stereocenters. The van der Waals surface area contributed by atoms with Crippen LogP contribution < -0.4 is 4.74 Å². The first-order valence-electron chi connectivity index (χ1n) is 7.09. The minimum Gasteiger partial charge on any atom is -0.497 e. The smallest absolute Gasteiger partial charge is 0.119 e. The molecule has 0 saturated carbocycles. The van der Waals surface area contributed by atoms with Crippen molar-refractivity contribution in [2.45, 2.75) is 19.8 Å². The Morgan fingerprint density at radius 1 is 1.14 bits per heavy atom. The van der Waals surface area contributed by atoms with Crippen molar-refractivity contribution in [3.8, 4) is 5.75 Å². The summed E-state index contributed by atoms with van der Waals surface area (Å²) in [6, 6.07) is 16.0. The molecule has 21 heavy (non-hydrogen) atoms. The van der Waals surface area contributed by atoms with E-state index >= 15 is 0 Å². The molecule has 0 aromatic heterocycles. The Kier molecular flexibility index (Phi) is 5.82. The van der Waals surface area contributed by atoms with E-state index in [2.05, 4.69) is 17.1 Å². The van der Waals surface area contributed by atoms with Gasteiger partial charge in [-0.15, -0.1) is 0 Å². The van der Waals surface area contributed by atoms with E-state index in [1.165, 1.54) is 5.56 Å². The second-order valence-electron chi connectivity index (χ2n) is 4.89. The Balaban J connectivity index is 1.90. The molecule has 2 nitrogen and oxygen atoms in total. The quantitative estimate of drug-likeness (QED) is 0.555. The van der Waals surface area contributed by atoms with Crippen LogP contribution in [0, 0.1) is 0 Å². The Hall–Kier alpha value is -1.80. The average molecular weight is 302 g/mol. The molecule has 0 aliphatic carbocycles. The molecule has 110 valence electrons. The third-order valence-corrected chi connectivity index (χ3v) is 3.77. The third kappa shape index (κ3) is 4.61. The molecule has 0 amide bonds. The minimum atomic E-state index is 0.800. The topological polar surface area (TPSA) is 21.6 Å². The van der Waals surface area contributed by atoms with Crippen LogP contribution in [0.1, 0.15) is 24.5 Å². The van der Waals surface area contributed by atoms with Crippen LogP contribution in [0.3, 0.4) is 0 Å². The van der Waals surface area contributed by atoms with Crippen LogP contribution in [0.25, 0.3) is 0 Å². The molecule has 0 saturated heterocycles. The molecular formula is C18H20ClNO. The maximum Gasteiger partial charge on any atom is 0.119 e. The molecule has 3 heteroatoms. The fourth-order valence-corrected chi connectivity index (χ4v) is 2.39. The van der Waals surface area contributed by atoms with E-state index < -0.39 is 0 Å². The molecule has 0 heterocycles. The normalized spacial score (nSPS) is 11.5. The van der Waals surface area contributed by atoms with E-state index in [0.717, 1.165) is 41.4 Å². The highest BCUT2D eigenvalue weighted by atomic mass is 35.5. The van der Waals surface area contributed by atoms with E-state index in [1.54, 1.807) is 7.11 Å². The van der Waals surface area contributed by atoms with E-state index in [1.807, 2.05) is 43.3 Å². The first kappa shape index (κ1) is 15.6. The molecular weight excluding hydrogens is 282 g/mol. The lowest BCUT2D eigenvalue weighted by atomic mass is 10.1. The molecule has 0 bridgehead atoms. The van der Waals surface area contributed by atoms with Gasteiger partial charge in [-0.2, -0.15) is 0 Å². The van der Waals surface area contributed by atoms with Gasteiger partial charge < -0.3 is 4.74 Å². The van der Waals surface area contributed by atoms with Crippen molar-refractivity contribution >= 4 is 17.3 Å². The van der Waals surface area contributed by atoms with Gasteiger partial charge in [-0.3, -0.25) is 4.99 Å². The highest BCUT2D eigenvalue weighted by Crippen LogP contribution is 2.17. The highest BCUT2D eigenvalue weighted by molar-refractivity contribution is 6.31. The van der Waals surface area contributed by atoms with Gasteiger partial charge >= 0.3 is 0 Å². The largest absolute Gasteiger partial charge is 0.497 e. The Morgan fingerprint density at radius 2 is 1.95 bits per heavy atom. The number of halogens is 1. The van der Waals surface area contributed by atoms with Gasteiger partial charge in [0.15, 0.2) is 0 Å². The lowest BCUT2D eigenvalue weighted by Crippen LogP contribution is -1.98. The number of benzene rings is 2. The predicted octanol–water partition coefficient (Wildman–Crippen LogP) is 4.79. The van der Waals surface area contributed by atoms with Gasteiger partial charge in [-0.25, -0.2) is 0 Å². The van der Waals surface area contributed by atoms with Gasteiger partial charge in [0.2, 0.25) is 0 Å². The molecule has 0 atom stereocenters. The zero-order chi connectivity index (χ0) is 15.1. The molecule has 0 aliphatic heterocycles. The van der Waals surface area contributed by atoms with Crippen molar-refractivity contribution in [2.75, 3.05) is 13.7 Å². The molecule has 2 rings (SSSR count). The van der Waals surface area contributed by atoms with Gasteiger partial charge in [0, 0.05) is 17.3 Å². The van der Waals surface area contributed by atoms with E-state index in [-0.39, 0.29) is 0 Å². The standard InChI is InChI=1S/C18H20ClNO/c1-14(16-8-5-10-17(13-16)21-2)20-12-6-9-15-7-3-4-11-18(15)19/h3-5,7-8,10-11,13H,6,9,12H2,1-2H3. The van der Waals surface area contributed by atoms with Gasteiger partial charge in [0.05, 0.1) is 7.11 Å². The zero-order valence-electron chi connectivity index (χ0n) is 12.5. The van der Waals surface area contributed by atoms with Crippen molar-refractivity contribution in [3.63, 3.8) is 0 Å². The molecule has 0 radical (unpaired) electrons.